The number of nitrogens with one attached hydrogen (secondary N) is 1. The van der Waals surface area contributed by atoms with Crippen molar-refractivity contribution in [3.63, 3.8) is 0 Å². The summed E-state index contributed by atoms with van der Waals surface area (Å²) in [6.07, 6.45) is 2.55. The van der Waals surface area contributed by atoms with Crippen LogP contribution in [0.2, 0.25) is 5.02 Å². The Kier molecular flexibility index (Phi) is 7.24. The summed E-state index contributed by atoms with van der Waals surface area (Å²) in [5, 5.41) is 0.624. The predicted octanol–water partition coefficient (Wildman–Crippen LogP) is 5.60. The fraction of sp³-hybridized carbons (Fsp3) is 0.296. The van der Waals surface area contributed by atoms with E-state index >= 15 is 0 Å². The number of carbonyl (C=O) groups excluding carboxylic acids is 1. The van der Waals surface area contributed by atoms with E-state index in [1.165, 1.54) is 4.90 Å². The van der Waals surface area contributed by atoms with Crippen LogP contribution >= 0.6 is 23.8 Å². The predicted molar refractivity (Wildman–Crippen MR) is 140 cm³/mol. The summed E-state index contributed by atoms with van der Waals surface area (Å²) in [5.41, 5.74) is 4.95. The van der Waals surface area contributed by atoms with E-state index in [0.717, 1.165) is 16.7 Å². The fourth-order valence-corrected chi connectivity index (χ4v) is 4.62. The summed E-state index contributed by atoms with van der Waals surface area (Å²) >= 11 is 11.8. The average Bonchev–Trinajstić information content (AvgIpc) is 3.15. The second-order valence-corrected chi connectivity index (χ2v) is 10.1. The maximum atomic E-state index is 13.8. The molecule has 0 radical (unpaired) electrons. The molecule has 1 aliphatic rings. The number of nitrogens with zero attached hydrogens (tertiary/aromatic N) is 2. The van der Waals surface area contributed by atoms with E-state index in [-0.39, 0.29) is 16.5 Å². The maximum absolute atomic E-state index is 13.8. The number of hydrogen-bond acceptors (Lipinski definition) is 6. The van der Waals surface area contributed by atoms with Gasteiger partial charge in [0.15, 0.2) is 11.8 Å². The second kappa shape index (κ2) is 10.0. The number of halogens is 1. The van der Waals surface area contributed by atoms with E-state index < -0.39 is 11.8 Å². The van der Waals surface area contributed by atoms with Gasteiger partial charge in [-0.2, -0.15) is 5.48 Å². The van der Waals surface area contributed by atoms with E-state index in [4.69, 9.17) is 33.4 Å². The van der Waals surface area contributed by atoms with Gasteiger partial charge in [-0.3, -0.25) is 14.6 Å². The van der Waals surface area contributed by atoms with Crippen LogP contribution in [0, 0.1) is 0 Å². The summed E-state index contributed by atoms with van der Waals surface area (Å²) in [6, 6.07) is 18.5. The first-order chi connectivity index (χ1) is 16.7. The molecule has 1 aromatic heterocycles. The molecule has 0 spiro atoms. The Bertz CT molecular complexity index is 1200. The van der Waals surface area contributed by atoms with Crippen LogP contribution in [0.15, 0.2) is 73.1 Å². The third-order valence-corrected chi connectivity index (χ3v) is 6.56. The van der Waals surface area contributed by atoms with Crippen molar-refractivity contribution < 1.29 is 14.4 Å². The topological polar surface area (TPSA) is 63.7 Å². The highest BCUT2D eigenvalue weighted by molar-refractivity contribution is 7.80. The second-order valence-electron chi connectivity index (χ2n) is 9.30. The Labute approximate surface area is 216 Å². The van der Waals surface area contributed by atoms with Gasteiger partial charge in [-0.05, 0) is 66.5 Å². The Morgan fingerprint density at radius 3 is 2.26 bits per heavy atom. The summed E-state index contributed by atoms with van der Waals surface area (Å²) in [6.45, 7) is 8.62. The zero-order valence-electron chi connectivity index (χ0n) is 20.1. The molecule has 0 bridgehead atoms. The van der Waals surface area contributed by atoms with Crippen LogP contribution in [0.5, 0.6) is 0 Å². The number of pyridine rings is 1. The SMILES string of the molecule is CCONC1N(C(=O)c2ccc(C(C)(C)C)cc2)C(=S)OC1(c1ccncc1)c1ccc(Cl)cc1. The van der Waals surface area contributed by atoms with E-state index in [2.05, 4.69) is 31.2 Å². The highest BCUT2D eigenvalue weighted by atomic mass is 35.5. The summed E-state index contributed by atoms with van der Waals surface area (Å²) in [7, 11) is 0. The van der Waals surface area contributed by atoms with Gasteiger partial charge >= 0.3 is 0 Å². The van der Waals surface area contributed by atoms with E-state index in [0.29, 0.717) is 17.2 Å². The lowest BCUT2D eigenvalue weighted by molar-refractivity contribution is -0.0462. The van der Waals surface area contributed by atoms with Crippen LogP contribution in [0.3, 0.4) is 0 Å². The molecule has 2 atom stereocenters. The van der Waals surface area contributed by atoms with E-state index in [1.54, 1.807) is 24.5 Å². The Morgan fingerprint density at radius 2 is 1.69 bits per heavy atom. The minimum atomic E-state index is -1.19. The molecule has 182 valence electrons. The first kappa shape index (κ1) is 25.3. The maximum Gasteiger partial charge on any atom is 0.269 e. The molecule has 4 rings (SSSR count). The van der Waals surface area contributed by atoms with Crippen molar-refractivity contribution in [3.05, 3.63) is 100 Å². The molecule has 2 unspecified atom stereocenters. The molecular weight excluding hydrogens is 482 g/mol. The smallest absolute Gasteiger partial charge is 0.269 e. The van der Waals surface area contributed by atoms with Crippen LogP contribution in [0.25, 0.3) is 0 Å². The molecule has 2 aromatic carbocycles. The van der Waals surface area contributed by atoms with Gasteiger partial charge in [0.05, 0.1) is 6.61 Å². The number of hydroxylamine groups is 1. The van der Waals surface area contributed by atoms with Gasteiger partial charge < -0.3 is 4.74 Å². The molecule has 2 heterocycles. The number of amides is 1. The van der Waals surface area contributed by atoms with Gasteiger partial charge in [-0.15, -0.1) is 0 Å². The molecule has 0 saturated carbocycles. The highest BCUT2D eigenvalue weighted by Gasteiger charge is 2.57. The summed E-state index contributed by atoms with van der Waals surface area (Å²) in [4.78, 5) is 25.1. The molecule has 35 heavy (non-hydrogen) atoms. The van der Waals surface area contributed by atoms with Crippen molar-refractivity contribution in [1.82, 2.24) is 15.4 Å². The number of rotatable bonds is 6. The van der Waals surface area contributed by atoms with Crippen LogP contribution in [-0.4, -0.2) is 33.7 Å². The molecule has 6 nitrogen and oxygen atoms in total. The van der Waals surface area contributed by atoms with Gasteiger partial charge in [0.25, 0.3) is 11.1 Å². The molecule has 1 saturated heterocycles. The highest BCUT2D eigenvalue weighted by Crippen LogP contribution is 2.44. The zero-order valence-corrected chi connectivity index (χ0v) is 21.7. The van der Waals surface area contributed by atoms with Crippen molar-refractivity contribution in [1.29, 1.82) is 0 Å². The lowest BCUT2D eigenvalue weighted by Gasteiger charge is -2.35. The number of ether oxygens (including phenoxy) is 1. The molecule has 3 aromatic rings. The molecule has 1 N–H and O–H groups in total. The Morgan fingerprint density at radius 1 is 1.09 bits per heavy atom. The van der Waals surface area contributed by atoms with Crippen LogP contribution in [0.1, 0.15) is 54.7 Å². The van der Waals surface area contributed by atoms with Gasteiger partial charge in [-0.1, -0.05) is 56.6 Å². The van der Waals surface area contributed by atoms with Crippen LogP contribution < -0.4 is 5.48 Å². The molecule has 8 heteroatoms. The minimum Gasteiger partial charge on any atom is -0.450 e. The first-order valence-electron chi connectivity index (χ1n) is 11.4. The van der Waals surface area contributed by atoms with E-state index in [9.17, 15) is 4.79 Å². The molecule has 0 aliphatic carbocycles. The van der Waals surface area contributed by atoms with Crippen molar-refractivity contribution >= 4 is 34.9 Å². The Balaban J connectivity index is 1.83. The standard InChI is InChI=1S/C27H28ClN3O3S/c1-5-33-30-24-27(21-14-16-29-17-15-21,20-10-12-22(28)13-11-20)34-25(35)31(24)23(32)18-6-8-19(9-7-18)26(2,3)4/h6-17,24,30H,5H2,1-4H3. The van der Waals surface area contributed by atoms with Crippen molar-refractivity contribution in [2.45, 2.75) is 44.9 Å². The third-order valence-electron chi connectivity index (χ3n) is 6.03. The minimum absolute atomic E-state index is 0.0300. The van der Waals surface area contributed by atoms with Gasteiger partial charge in [-0.25, -0.2) is 4.90 Å². The van der Waals surface area contributed by atoms with Crippen LogP contribution in [0.4, 0.5) is 0 Å². The number of aromatic nitrogens is 1. The number of carbonyl (C=O) groups is 1. The van der Waals surface area contributed by atoms with Crippen molar-refractivity contribution in [3.8, 4) is 0 Å². The number of hydrogen-bond donors (Lipinski definition) is 1. The third kappa shape index (κ3) is 4.82. The van der Waals surface area contributed by atoms with E-state index in [1.807, 2.05) is 55.5 Å². The normalized spacial score (nSPS) is 20.1. The number of benzene rings is 2. The molecule has 1 amide bonds. The lowest BCUT2D eigenvalue weighted by Crippen LogP contribution is -2.55. The van der Waals surface area contributed by atoms with Crippen molar-refractivity contribution in [2.24, 2.45) is 0 Å². The average molecular weight is 510 g/mol. The monoisotopic (exact) mass is 509 g/mol. The molecule has 1 aliphatic heterocycles. The quantitative estimate of drug-likeness (QED) is 0.344. The van der Waals surface area contributed by atoms with Gasteiger partial charge in [0.2, 0.25) is 0 Å². The first-order valence-corrected chi connectivity index (χ1v) is 12.2. The summed E-state index contributed by atoms with van der Waals surface area (Å²) in [5.74, 6) is -0.294. The number of thiocarbonyl (C=S) groups is 1. The lowest BCUT2D eigenvalue weighted by atomic mass is 9.84. The molecule has 1 fully saturated rings. The van der Waals surface area contributed by atoms with Crippen LogP contribution in [-0.2, 0) is 20.6 Å². The summed E-state index contributed by atoms with van der Waals surface area (Å²) < 4.78 is 6.43. The van der Waals surface area contributed by atoms with Crippen molar-refractivity contribution in [2.75, 3.05) is 6.61 Å². The Hall–Kier alpha value is -2.84. The zero-order chi connectivity index (χ0) is 25.2. The van der Waals surface area contributed by atoms with Gasteiger partial charge in [0, 0.05) is 34.1 Å². The molecular formula is C27H28ClN3O3S. The van der Waals surface area contributed by atoms with Gasteiger partial charge in [0.1, 0.15) is 0 Å². The fourth-order valence-electron chi connectivity index (χ4n) is 4.18. The largest absolute Gasteiger partial charge is 0.450 e.